The molecule has 8 heteroatoms. The van der Waals surface area contributed by atoms with Gasteiger partial charge in [0.05, 0.1) is 6.54 Å². The Balaban J connectivity index is 1.44. The third-order valence-electron chi connectivity index (χ3n) is 3.67. The monoisotopic (exact) mass is 387 g/mol. The standard InChI is InChI=1S/C18H11Cl2N3O3/c19-12-3-1-10(2-4-12)17-22-16(26-23-17)9-21-18(24)15-8-11-7-13(20)5-6-14(11)25-15/h1-8H,9H2,(H,21,24). The lowest BCUT2D eigenvalue weighted by Crippen LogP contribution is -2.22. The zero-order valence-electron chi connectivity index (χ0n) is 13.2. The van der Waals surface area contributed by atoms with Crippen molar-refractivity contribution in [3.8, 4) is 11.4 Å². The van der Waals surface area contributed by atoms with Crippen LogP contribution in [0.2, 0.25) is 10.0 Å². The van der Waals surface area contributed by atoms with Gasteiger partial charge in [-0.3, -0.25) is 4.79 Å². The van der Waals surface area contributed by atoms with Gasteiger partial charge in [0.25, 0.3) is 5.91 Å². The Morgan fingerprint density at radius 2 is 1.81 bits per heavy atom. The van der Waals surface area contributed by atoms with Crippen LogP contribution >= 0.6 is 23.2 Å². The first kappa shape index (κ1) is 16.6. The molecule has 0 atom stereocenters. The highest BCUT2D eigenvalue weighted by molar-refractivity contribution is 6.31. The largest absolute Gasteiger partial charge is 0.451 e. The smallest absolute Gasteiger partial charge is 0.287 e. The first-order valence-electron chi connectivity index (χ1n) is 7.64. The Labute approximate surface area is 157 Å². The minimum Gasteiger partial charge on any atom is -0.451 e. The van der Waals surface area contributed by atoms with Gasteiger partial charge in [0, 0.05) is 21.0 Å². The van der Waals surface area contributed by atoms with Crippen LogP contribution in [0.4, 0.5) is 0 Å². The number of hydrogen-bond acceptors (Lipinski definition) is 5. The number of rotatable bonds is 4. The van der Waals surface area contributed by atoms with Crippen molar-refractivity contribution in [3.05, 3.63) is 70.2 Å². The van der Waals surface area contributed by atoms with Crippen molar-refractivity contribution in [1.29, 1.82) is 0 Å². The molecule has 2 aromatic heterocycles. The van der Waals surface area contributed by atoms with E-state index >= 15 is 0 Å². The highest BCUT2D eigenvalue weighted by Gasteiger charge is 2.14. The maximum atomic E-state index is 12.2. The minimum atomic E-state index is -0.386. The van der Waals surface area contributed by atoms with Gasteiger partial charge in [-0.15, -0.1) is 0 Å². The van der Waals surface area contributed by atoms with Crippen molar-refractivity contribution in [3.63, 3.8) is 0 Å². The van der Waals surface area contributed by atoms with Crippen molar-refractivity contribution >= 4 is 40.1 Å². The molecule has 0 radical (unpaired) electrons. The Kier molecular flexibility index (Phi) is 4.36. The van der Waals surface area contributed by atoms with Gasteiger partial charge in [-0.2, -0.15) is 4.98 Å². The van der Waals surface area contributed by atoms with Crippen LogP contribution in [0.1, 0.15) is 16.4 Å². The molecule has 0 unspecified atom stereocenters. The molecule has 0 saturated heterocycles. The molecule has 4 aromatic rings. The van der Waals surface area contributed by atoms with Crippen molar-refractivity contribution in [2.45, 2.75) is 6.54 Å². The molecule has 2 aromatic carbocycles. The number of fused-ring (bicyclic) bond motifs is 1. The second-order valence-corrected chi connectivity index (χ2v) is 6.37. The maximum absolute atomic E-state index is 12.2. The third-order valence-corrected chi connectivity index (χ3v) is 4.16. The van der Waals surface area contributed by atoms with E-state index in [1.807, 2.05) is 0 Å². The van der Waals surface area contributed by atoms with E-state index in [2.05, 4.69) is 15.5 Å². The highest BCUT2D eigenvalue weighted by Crippen LogP contribution is 2.23. The first-order chi connectivity index (χ1) is 12.6. The summed E-state index contributed by atoms with van der Waals surface area (Å²) in [5.41, 5.74) is 1.35. The van der Waals surface area contributed by atoms with E-state index in [0.717, 1.165) is 10.9 Å². The summed E-state index contributed by atoms with van der Waals surface area (Å²) in [6.45, 7) is 0.0806. The third kappa shape index (κ3) is 3.42. The van der Waals surface area contributed by atoms with Gasteiger partial charge in [0.1, 0.15) is 5.58 Å². The molecule has 0 bridgehead atoms. The van der Waals surface area contributed by atoms with Crippen molar-refractivity contribution in [2.24, 2.45) is 0 Å². The number of nitrogens with one attached hydrogen (secondary N) is 1. The molecule has 130 valence electrons. The summed E-state index contributed by atoms with van der Waals surface area (Å²) >= 11 is 11.8. The van der Waals surface area contributed by atoms with Crippen molar-refractivity contribution < 1.29 is 13.7 Å². The first-order valence-corrected chi connectivity index (χ1v) is 8.40. The maximum Gasteiger partial charge on any atom is 0.287 e. The number of aromatic nitrogens is 2. The number of halogens is 2. The van der Waals surface area contributed by atoms with Crippen LogP contribution in [-0.4, -0.2) is 16.0 Å². The van der Waals surface area contributed by atoms with Crippen molar-refractivity contribution in [2.75, 3.05) is 0 Å². The van der Waals surface area contributed by atoms with E-state index in [1.165, 1.54) is 0 Å². The van der Waals surface area contributed by atoms with Gasteiger partial charge in [-0.25, -0.2) is 0 Å². The number of hydrogen-bond donors (Lipinski definition) is 1. The number of carbonyl (C=O) groups excluding carboxylic acids is 1. The molecular formula is C18H11Cl2N3O3. The number of nitrogens with zero attached hydrogens (tertiary/aromatic N) is 2. The molecule has 6 nitrogen and oxygen atoms in total. The fraction of sp³-hybridized carbons (Fsp3) is 0.0556. The molecular weight excluding hydrogens is 377 g/mol. The number of carbonyl (C=O) groups is 1. The lowest BCUT2D eigenvalue weighted by atomic mass is 10.2. The Hall–Kier alpha value is -2.83. The van der Waals surface area contributed by atoms with Crippen LogP contribution in [0, 0.1) is 0 Å². The van der Waals surface area contributed by atoms with E-state index < -0.39 is 0 Å². The summed E-state index contributed by atoms with van der Waals surface area (Å²) in [7, 11) is 0. The highest BCUT2D eigenvalue weighted by atomic mass is 35.5. The quantitative estimate of drug-likeness (QED) is 0.547. The molecule has 0 spiro atoms. The van der Waals surface area contributed by atoms with Crippen LogP contribution < -0.4 is 5.32 Å². The Morgan fingerprint density at radius 1 is 1.04 bits per heavy atom. The lowest BCUT2D eigenvalue weighted by Gasteiger charge is -1.98. The zero-order valence-corrected chi connectivity index (χ0v) is 14.7. The van der Waals surface area contributed by atoms with Crippen LogP contribution in [0.25, 0.3) is 22.4 Å². The lowest BCUT2D eigenvalue weighted by molar-refractivity contribution is 0.0920. The fourth-order valence-corrected chi connectivity index (χ4v) is 2.72. The van der Waals surface area contributed by atoms with Gasteiger partial charge < -0.3 is 14.3 Å². The molecule has 0 saturated carbocycles. The molecule has 0 aliphatic carbocycles. The summed E-state index contributed by atoms with van der Waals surface area (Å²) in [5, 5.41) is 8.53. The molecule has 2 heterocycles. The second kappa shape index (κ2) is 6.82. The van der Waals surface area contributed by atoms with E-state index in [0.29, 0.717) is 21.5 Å². The van der Waals surface area contributed by atoms with E-state index in [4.69, 9.17) is 32.1 Å². The summed E-state index contributed by atoms with van der Waals surface area (Å²) in [6.07, 6.45) is 0. The Morgan fingerprint density at radius 3 is 2.62 bits per heavy atom. The Bertz CT molecular complexity index is 1090. The van der Waals surface area contributed by atoms with Crippen molar-refractivity contribution in [1.82, 2.24) is 15.5 Å². The molecule has 4 rings (SSSR count). The number of benzene rings is 2. The van der Waals surface area contributed by atoms with Crippen LogP contribution in [0.5, 0.6) is 0 Å². The van der Waals surface area contributed by atoms with E-state index in [-0.39, 0.29) is 24.1 Å². The van der Waals surface area contributed by atoms with Crippen LogP contribution in [-0.2, 0) is 6.54 Å². The summed E-state index contributed by atoms with van der Waals surface area (Å²) in [4.78, 5) is 16.5. The van der Waals surface area contributed by atoms with Gasteiger partial charge in [-0.05, 0) is 48.5 Å². The number of furan rings is 1. The predicted octanol–water partition coefficient (Wildman–Crippen LogP) is 4.72. The molecule has 0 aliphatic rings. The molecule has 26 heavy (non-hydrogen) atoms. The average Bonchev–Trinajstić information content (AvgIpc) is 3.27. The number of amides is 1. The summed E-state index contributed by atoms with van der Waals surface area (Å²) in [6, 6.07) is 13.8. The van der Waals surface area contributed by atoms with Crippen LogP contribution in [0.3, 0.4) is 0 Å². The SMILES string of the molecule is O=C(NCc1nc(-c2ccc(Cl)cc2)no1)c1cc2cc(Cl)ccc2o1. The van der Waals surface area contributed by atoms with E-state index in [1.54, 1.807) is 48.5 Å². The fourth-order valence-electron chi connectivity index (χ4n) is 2.41. The molecule has 0 fully saturated rings. The summed E-state index contributed by atoms with van der Waals surface area (Å²) < 4.78 is 10.7. The zero-order chi connectivity index (χ0) is 18.1. The molecule has 0 aliphatic heterocycles. The molecule has 1 amide bonds. The normalized spacial score (nSPS) is 11.0. The average molecular weight is 388 g/mol. The van der Waals surface area contributed by atoms with Gasteiger partial charge in [-0.1, -0.05) is 28.4 Å². The van der Waals surface area contributed by atoms with Crippen LogP contribution in [0.15, 0.2) is 57.5 Å². The summed E-state index contributed by atoms with van der Waals surface area (Å²) in [5.74, 6) is 0.495. The predicted molar refractivity (Wildman–Crippen MR) is 97.1 cm³/mol. The molecule has 1 N–H and O–H groups in total. The van der Waals surface area contributed by atoms with Gasteiger partial charge >= 0.3 is 0 Å². The minimum absolute atomic E-state index is 0.0806. The van der Waals surface area contributed by atoms with Gasteiger partial charge in [0.2, 0.25) is 11.7 Å². The second-order valence-electron chi connectivity index (χ2n) is 5.49. The van der Waals surface area contributed by atoms with E-state index in [9.17, 15) is 4.79 Å². The van der Waals surface area contributed by atoms with Gasteiger partial charge in [0.15, 0.2) is 5.76 Å². The topological polar surface area (TPSA) is 81.2 Å².